The van der Waals surface area contributed by atoms with Crippen molar-refractivity contribution in [2.45, 2.75) is 31.2 Å². The van der Waals surface area contributed by atoms with E-state index in [-0.39, 0.29) is 5.54 Å². The first-order valence-electron chi connectivity index (χ1n) is 7.64. The molecule has 20 heavy (non-hydrogen) atoms. The molecule has 0 unspecified atom stereocenters. The van der Waals surface area contributed by atoms with Crippen LogP contribution in [0.15, 0.2) is 48.8 Å². The molecule has 1 aromatic heterocycles. The van der Waals surface area contributed by atoms with Crippen LogP contribution in [0, 0.1) is 0 Å². The van der Waals surface area contributed by atoms with Crippen LogP contribution in [0.4, 0.5) is 0 Å². The van der Waals surface area contributed by atoms with E-state index in [4.69, 9.17) is 0 Å². The van der Waals surface area contributed by atoms with E-state index in [1.807, 2.05) is 6.20 Å². The number of aromatic nitrogens is 1. The first kappa shape index (κ1) is 12.1. The van der Waals surface area contributed by atoms with Gasteiger partial charge in [-0.25, -0.2) is 0 Å². The van der Waals surface area contributed by atoms with Gasteiger partial charge in [-0.2, -0.15) is 0 Å². The summed E-state index contributed by atoms with van der Waals surface area (Å²) in [6.45, 7) is 2.52. The highest BCUT2D eigenvalue weighted by atomic mass is 15.2. The molecule has 0 radical (unpaired) electrons. The summed E-state index contributed by atoms with van der Waals surface area (Å²) in [6, 6.07) is 13.0. The van der Waals surface area contributed by atoms with E-state index in [1.54, 1.807) is 0 Å². The number of fused-ring (bicyclic) bond motifs is 1. The zero-order chi connectivity index (χ0) is 13.4. The maximum atomic E-state index is 4.53. The molecule has 2 heteroatoms. The molecule has 0 aliphatic carbocycles. The average Bonchev–Trinajstić information content (AvgIpc) is 3.09. The van der Waals surface area contributed by atoms with Gasteiger partial charge in [-0.15, -0.1) is 0 Å². The third-order valence-electron chi connectivity index (χ3n) is 5.02. The second-order valence-electron chi connectivity index (χ2n) is 6.05. The number of hydrogen-bond acceptors (Lipinski definition) is 2. The first-order valence-corrected chi connectivity index (χ1v) is 7.64. The lowest BCUT2D eigenvalue weighted by atomic mass is 9.86. The highest BCUT2D eigenvalue weighted by molar-refractivity contribution is 5.63. The van der Waals surface area contributed by atoms with Gasteiger partial charge in [0.05, 0.1) is 0 Å². The quantitative estimate of drug-likeness (QED) is 0.819. The smallest absolute Gasteiger partial charge is 0.0477 e. The fourth-order valence-electron chi connectivity index (χ4n) is 4.06. The Balaban J connectivity index is 1.77. The van der Waals surface area contributed by atoms with Gasteiger partial charge in [0.25, 0.3) is 0 Å². The number of rotatable bonds is 2. The van der Waals surface area contributed by atoms with Gasteiger partial charge in [-0.1, -0.05) is 30.3 Å². The van der Waals surface area contributed by atoms with E-state index in [0.717, 1.165) is 0 Å². The van der Waals surface area contributed by atoms with Crippen LogP contribution in [0.3, 0.4) is 0 Å². The Bertz CT molecular complexity index is 596. The Hall–Kier alpha value is -1.67. The van der Waals surface area contributed by atoms with E-state index in [2.05, 4.69) is 52.5 Å². The fourth-order valence-corrected chi connectivity index (χ4v) is 4.06. The van der Waals surface area contributed by atoms with Crippen molar-refractivity contribution in [2.24, 2.45) is 0 Å². The van der Waals surface area contributed by atoms with Crippen molar-refractivity contribution in [2.75, 3.05) is 13.1 Å². The summed E-state index contributed by atoms with van der Waals surface area (Å²) < 4.78 is 0. The molecule has 2 aromatic rings. The summed E-state index contributed by atoms with van der Waals surface area (Å²) in [5, 5.41) is 0. The van der Waals surface area contributed by atoms with E-state index < -0.39 is 0 Å². The predicted molar refractivity (Wildman–Crippen MR) is 81.4 cm³/mol. The van der Waals surface area contributed by atoms with Crippen LogP contribution in [0.25, 0.3) is 11.1 Å². The molecule has 102 valence electrons. The van der Waals surface area contributed by atoms with Gasteiger partial charge in [0, 0.05) is 23.5 Å². The summed E-state index contributed by atoms with van der Waals surface area (Å²) in [6.07, 6.45) is 9.34. The molecule has 2 aliphatic rings. The minimum Gasteiger partial charge on any atom is -0.294 e. The summed E-state index contributed by atoms with van der Waals surface area (Å²) in [5.74, 6) is 0. The van der Waals surface area contributed by atoms with Gasteiger partial charge in [-0.05, 0) is 56.0 Å². The molecule has 0 bridgehead atoms. The van der Waals surface area contributed by atoms with Crippen molar-refractivity contribution in [3.05, 3.63) is 54.4 Å². The molecule has 0 N–H and O–H groups in total. The number of nitrogens with zero attached hydrogens (tertiary/aromatic N) is 2. The second-order valence-corrected chi connectivity index (χ2v) is 6.05. The van der Waals surface area contributed by atoms with E-state index >= 15 is 0 Å². The van der Waals surface area contributed by atoms with Gasteiger partial charge in [0.2, 0.25) is 0 Å². The number of benzene rings is 1. The highest BCUT2D eigenvalue weighted by Gasteiger charge is 2.45. The van der Waals surface area contributed by atoms with Crippen molar-refractivity contribution < 1.29 is 0 Å². The summed E-state index contributed by atoms with van der Waals surface area (Å²) in [4.78, 5) is 7.21. The third-order valence-corrected chi connectivity index (χ3v) is 5.02. The lowest BCUT2D eigenvalue weighted by Gasteiger charge is -2.32. The number of pyridine rings is 1. The maximum absolute atomic E-state index is 4.53. The molecule has 3 heterocycles. The Labute approximate surface area is 120 Å². The van der Waals surface area contributed by atoms with Gasteiger partial charge in [0.15, 0.2) is 0 Å². The van der Waals surface area contributed by atoms with Crippen LogP contribution in [-0.2, 0) is 5.54 Å². The molecule has 2 saturated heterocycles. The minimum atomic E-state index is 0.289. The molecule has 0 saturated carbocycles. The largest absolute Gasteiger partial charge is 0.294 e. The maximum Gasteiger partial charge on any atom is 0.0477 e. The first-order chi connectivity index (χ1) is 9.88. The van der Waals surface area contributed by atoms with Crippen molar-refractivity contribution >= 4 is 0 Å². The Morgan fingerprint density at radius 3 is 2.40 bits per heavy atom. The topological polar surface area (TPSA) is 16.1 Å². The van der Waals surface area contributed by atoms with E-state index in [9.17, 15) is 0 Å². The normalized spacial score (nSPS) is 21.0. The molecule has 0 amide bonds. The highest BCUT2D eigenvalue weighted by Crippen LogP contribution is 2.47. The summed E-state index contributed by atoms with van der Waals surface area (Å²) in [7, 11) is 0. The van der Waals surface area contributed by atoms with E-state index in [0.29, 0.717) is 0 Å². The molecular weight excluding hydrogens is 244 g/mol. The van der Waals surface area contributed by atoms with Crippen LogP contribution in [0.2, 0.25) is 0 Å². The lowest BCUT2D eigenvalue weighted by molar-refractivity contribution is 0.197. The second kappa shape index (κ2) is 4.71. The Kier molecular flexibility index (Phi) is 2.85. The monoisotopic (exact) mass is 264 g/mol. The van der Waals surface area contributed by atoms with E-state index in [1.165, 1.54) is 55.5 Å². The zero-order valence-corrected chi connectivity index (χ0v) is 11.8. The van der Waals surface area contributed by atoms with Gasteiger partial charge < -0.3 is 0 Å². The predicted octanol–water partition coefficient (Wildman–Crippen LogP) is 3.83. The van der Waals surface area contributed by atoms with Crippen LogP contribution < -0.4 is 0 Å². The minimum absolute atomic E-state index is 0.289. The van der Waals surface area contributed by atoms with Crippen molar-refractivity contribution in [1.29, 1.82) is 0 Å². The summed E-state index contributed by atoms with van der Waals surface area (Å²) >= 11 is 0. The molecule has 2 aliphatic heterocycles. The van der Waals surface area contributed by atoms with Crippen LogP contribution in [0.1, 0.15) is 31.2 Å². The van der Waals surface area contributed by atoms with Crippen molar-refractivity contribution in [3.63, 3.8) is 0 Å². The van der Waals surface area contributed by atoms with Gasteiger partial charge in [0.1, 0.15) is 0 Å². The molecule has 2 nitrogen and oxygen atoms in total. The fraction of sp³-hybridized carbons (Fsp3) is 0.389. The molecule has 2 fully saturated rings. The van der Waals surface area contributed by atoms with Gasteiger partial charge >= 0.3 is 0 Å². The Morgan fingerprint density at radius 2 is 1.65 bits per heavy atom. The van der Waals surface area contributed by atoms with Crippen LogP contribution in [-0.4, -0.2) is 23.0 Å². The summed E-state index contributed by atoms with van der Waals surface area (Å²) in [5.41, 5.74) is 4.23. The molecule has 1 aromatic carbocycles. The molecular formula is C18H20N2. The molecule has 4 rings (SSSR count). The zero-order valence-electron chi connectivity index (χ0n) is 11.8. The number of hydrogen-bond donors (Lipinski definition) is 0. The molecule has 0 spiro atoms. The third kappa shape index (κ3) is 1.79. The van der Waals surface area contributed by atoms with Crippen molar-refractivity contribution in [3.8, 4) is 11.1 Å². The van der Waals surface area contributed by atoms with Gasteiger partial charge in [-0.3, -0.25) is 9.88 Å². The SMILES string of the molecule is c1ccc(-c2cncc(C34CCCN3CCC4)c2)cc1. The standard InChI is InChI=1S/C18H20N2/c1-2-6-15(7-3-1)16-12-17(14-19-13-16)18-8-4-10-20(18)11-5-9-18/h1-3,6-7,12-14H,4-5,8-11H2. The molecule has 0 atom stereocenters. The Morgan fingerprint density at radius 1 is 0.900 bits per heavy atom. The van der Waals surface area contributed by atoms with Crippen LogP contribution >= 0.6 is 0 Å². The van der Waals surface area contributed by atoms with Crippen LogP contribution in [0.5, 0.6) is 0 Å². The average molecular weight is 264 g/mol. The lowest BCUT2D eigenvalue weighted by Crippen LogP contribution is -2.35. The van der Waals surface area contributed by atoms with Crippen molar-refractivity contribution in [1.82, 2.24) is 9.88 Å².